The first-order chi connectivity index (χ1) is 10.7. The van der Waals surface area contributed by atoms with E-state index in [0.29, 0.717) is 23.9 Å². The Morgan fingerprint density at radius 1 is 0.913 bits per heavy atom. The smallest absolute Gasteiger partial charge is 0.263 e. The minimum absolute atomic E-state index is 0.329. The lowest BCUT2D eigenvalue weighted by Crippen LogP contribution is -2.62. The van der Waals surface area contributed by atoms with Crippen molar-refractivity contribution in [1.82, 2.24) is 9.80 Å². The molecule has 23 heavy (non-hydrogen) atoms. The Hall–Kier alpha value is -1.17. The first kappa shape index (κ1) is 15.4. The third-order valence-electron chi connectivity index (χ3n) is 6.17. The molecule has 4 aliphatic carbocycles. The minimum Gasteiger partial charge on any atom is -0.263 e. The molecular formula is C17H26N2O3Si. The third-order valence-corrected chi connectivity index (χ3v) is 7.43. The summed E-state index contributed by atoms with van der Waals surface area (Å²) in [4.78, 5) is 40.7. The van der Waals surface area contributed by atoms with Crippen LogP contribution in [0.15, 0.2) is 0 Å². The quantitative estimate of drug-likeness (QED) is 0.453. The van der Waals surface area contributed by atoms with Crippen LogP contribution in [0.3, 0.4) is 0 Å². The van der Waals surface area contributed by atoms with E-state index in [0.717, 1.165) is 19.3 Å². The Morgan fingerprint density at radius 3 is 1.83 bits per heavy atom. The second-order valence-corrected chi connectivity index (χ2v) is 15.0. The highest BCUT2D eigenvalue weighted by Gasteiger charge is 2.61. The molecule has 0 aromatic carbocycles. The van der Waals surface area contributed by atoms with Crippen molar-refractivity contribution >= 4 is 25.9 Å². The molecule has 5 fully saturated rings. The maximum absolute atomic E-state index is 13.0. The van der Waals surface area contributed by atoms with Gasteiger partial charge in [0.25, 0.3) is 0 Å². The molecule has 0 aromatic rings. The lowest BCUT2D eigenvalue weighted by molar-refractivity contribution is -0.149. The molecule has 1 saturated heterocycles. The number of imide groups is 2. The van der Waals surface area contributed by atoms with Crippen LogP contribution in [0.25, 0.3) is 0 Å². The van der Waals surface area contributed by atoms with E-state index in [1.54, 1.807) is 0 Å². The van der Waals surface area contributed by atoms with E-state index in [1.807, 2.05) is 0 Å². The van der Waals surface area contributed by atoms with Crippen LogP contribution in [0.4, 0.5) is 4.79 Å². The van der Waals surface area contributed by atoms with Gasteiger partial charge in [0.15, 0.2) is 0 Å². The van der Waals surface area contributed by atoms with Crippen molar-refractivity contribution < 1.29 is 14.4 Å². The number of nitrogens with zero attached hydrogens (tertiary/aromatic N) is 2. The van der Waals surface area contributed by atoms with Crippen molar-refractivity contribution in [2.75, 3.05) is 6.17 Å². The maximum Gasteiger partial charge on any atom is 0.334 e. The zero-order valence-corrected chi connectivity index (χ0v) is 15.3. The van der Waals surface area contributed by atoms with Crippen LogP contribution in [0.2, 0.25) is 19.6 Å². The van der Waals surface area contributed by atoms with Crippen molar-refractivity contribution in [3.63, 3.8) is 0 Å². The molecule has 1 aliphatic heterocycles. The maximum atomic E-state index is 13.0. The summed E-state index contributed by atoms with van der Waals surface area (Å²) in [5.41, 5.74) is -0.354. The first-order valence-corrected chi connectivity index (χ1v) is 12.6. The van der Waals surface area contributed by atoms with Crippen LogP contribution in [-0.4, -0.2) is 47.4 Å². The van der Waals surface area contributed by atoms with E-state index in [9.17, 15) is 14.4 Å². The Bertz CT molecular complexity index is 560. The van der Waals surface area contributed by atoms with Gasteiger partial charge in [-0.25, -0.2) is 9.69 Å². The van der Waals surface area contributed by atoms with E-state index in [4.69, 9.17) is 0 Å². The molecule has 0 unspecified atom stereocenters. The fourth-order valence-electron chi connectivity index (χ4n) is 5.88. The number of carbonyl (C=O) groups excluding carboxylic acids is 3. The minimum atomic E-state index is -1.65. The molecule has 6 heteroatoms. The zero-order chi connectivity index (χ0) is 16.6. The summed E-state index contributed by atoms with van der Waals surface area (Å²) in [5.74, 6) is 0.775. The number of carbonyl (C=O) groups is 3. The predicted molar refractivity (Wildman–Crippen MR) is 88.2 cm³/mol. The lowest BCUT2D eigenvalue weighted by Gasteiger charge is -2.58. The van der Waals surface area contributed by atoms with Gasteiger partial charge in [-0.05, 0) is 56.3 Å². The summed E-state index contributed by atoms with van der Waals surface area (Å²) in [6.07, 6.45) is 6.96. The van der Waals surface area contributed by atoms with Gasteiger partial charge in [0.2, 0.25) is 0 Å². The largest absolute Gasteiger partial charge is 0.334 e. The standard InChI is InChI=1S/C17H26N2O3Si/c1-23(2,3)10-18-14(20)15(21)19(16(18)22)17-7-11-4-12(8-17)6-13(5-11)9-17/h11-13H,4-10H2,1-3H3. The molecule has 4 amide bonds. The number of amides is 4. The van der Waals surface area contributed by atoms with Gasteiger partial charge in [-0.2, -0.15) is 0 Å². The van der Waals surface area contributed by atoms with Crippen LogP contribution in [0, 0.1) is 17.8 Å². The lowest BCUT2D eigenvalue weighted by atomic mass is 9.52. The highest BCUT2D eigenvalue weighted by atomic mass is 28.3. The Balaban J connectivity index is 1.65. The van der Waals surface area contributed by atoms with E-state index >= 15 is 0 Å². The van der Waals surface area contributed by atoms with Crippen LogP contribution >= 0.6 is 0 Å². The van der Waals surface area contributed by atoms with Crippen molar-refractivity contribution in [1.29, 1.82) is 0 Å². The van der Waals surface area contributed by atoms with E-state index in [2.05, 4.69) is 19.6 Å². The summed E-state index contributed by atoms with van der Waals surface area (Å²) < 4.78 is 0. The molecule has 0 spiro atoms. The molecule has 0 radical (unpaired) electrons. The SMILES string of the molecule is C[Si](C)(C)CN1C(=O)C(=O)N(C23CC4CC(CC(C4)C2)C3)C1=O. The molecule has 5 nitrogen and oxygen atoms in total. The van der Waals surface area contributed by atoms with Gasteiger partial charge in [-0.3, -0.25) is 14.5 Å². The van der Waals surface area contributed by atoms with Gasteiger partial charge in [0.05, 0.1) is 13.6 Å². The van der Waals surface area contributed by atoms with Gasteiger partial charge in [0, 0.05) is 6.17 Å². The van der Waals surface area contributed by atoms with E-state index in [-0.39, 0.29) is 11.6 Å². The van der Waals surface area contributed by atoms with Crippen molar-refractivity contribution in [2.24, 2.45) is 17.8 Å². The van der Waals surface area contributed by atoms with Gasteiger partial charge < -0.3 is 0 Å². The summed E-state index contributed by atoms with van der Waals surface area (Å²) in [6, 6.07) is -0.329. The summed E-state index contributed by atoms with van der Waals surface area (Å²) in [6.45, 7) is 6.35. The van der Waals surface area contributed by atoms with Crippen LogP contribution in [0.1, 0.15) is 38.5 Å². The Morgan fingerprint density at radius 2 is 1.39 bits per heavy atom. The van der Waals surface area contributed by atoms with E-state index < -0.39 is 19.9 Å². The van der Waals surface area contributed by atoms with Gasteiger partial charge in [0.1, 0.15) is 0 Å². The van der Waals surface area contributed by atoms with Crippen molar-refractivity contribution in [2.45, 2.75) is 63.7 Å². The monoisotopic (exact) mass is 334 g/mol. The molecule has 1 heterocycles. The average molecular weight is 334 g/mol. The number of hydrogen-bond acceptors (Lipinski definition) is 3. The Labute approximate surface area is 138 Å². The normalized spacial score (nSPS) is 39.8. The molecule has 0 atom stereocenters. The topological polar surface area (TPSA) is 57.7 Å². The molecule has 4 bridgehead atoms. The summed E-state index contributed by atoms with van der Waals surface area (Å²) >= 11 is 0. The Kier molecular flexibility index (Phi) is 3.13. The molecule has 5 rings (SSSR count). The average Bonchev–Trinajstić information content (AvgIpc) is 2.60. The van der Waals surface area contributed by atoms with Gasteiger partial charge in [-0.15, -0.1) is 0 Å². The van der Waals surface area contributed by atoms with Crippen LogP contribution in [-0.2, 0) is 9.59 Å². The fourth-order valence-corrected chi connectivity index (χ4v) is 7.10. The predicted octanol–water partition coefficient (Wildman–Crippen LogP) is 2.62. The molecule has 126 valence electrons. The highest BCUT2D eigenvalue weighted by Crippen LogP contribution is 2.58. The van der Waals surface area contributed by atoms with Crippen molar-refractivity contribution in [3.8, 4) is 0 Å². The second kappa shape index (κ2) is 4.68. The summed E-state index contributed by atoms with van der Waals surface area (Å²) in [7, 11) is -1.65. The molecular weight excluding hydrogens is 308 g/mol. The van der Waals surface area contributed by atoms with Crippen LogP contribution in [0.5, 0.6) is 0 Å². The van der Waals surface area contributed by atoms with Gasteiger partial charge >= 0.3 is 17.8 Å². The highest BCUT2D eigenvalue weighted by molar-refractivity contribution is 6.77. The fraction of sp³-hybridized carbons (Fsp3) is 0.824. The molecule has 4 saturated carbocycles. The molecule has 0 aromatic heterocycles. The van der Waals surface area contributed by atoms with Crippen LogP contribution < -0.4 is 0 Å². The zero-order valence-electron chi connectivity index (χ0n) is 14.3. The first-order valence-electron chi connectivity index (χ1n) is 8.89. The second-order valence-electron chi connectivity index (χ2n) is 9.52. The van der Waals surface area contributed by atoms with E-state index in [1.165, 1.54) is 29.1 Å². The number of hydrogen-bond donors (Lipinski definition) is 0. The summed E-state index contributed by atoms with van der Waals surface area (Å²) in [5, 5.41) is 0. The van der Waals surface area contributed by atoms with Crippen molar-refractivity contribution in [3.05, 3.63) is 0 Å². The third kappa shape index (κ3) is 2.29. The number of urea groups is 1. The molecule has 5 aliphatic rings. The van der Waals surface area contributed by atoms with Gasteiger partial charge in [-0.1, -0.05) is 19.6 Å². The molecule has 0 N–H and O–H groups in total. The number of rotatable bonds is 3.